The van der Waals surface area contributed by atoms with Crippen molar-refractivity contribution in [3.05, 3.63) is 69.3 Å². The molecular formula is C17H19N5OS. The smallest absolute Gasteiger partial charge is 0.266 e. The Balaban J connectivity index is 1.57. The fourth-order valence-electron chi connectivity index (χ4n) is 3.27. The molecule has 0 N–H and O–H groups in total. The van der Waals surface area contributed by atoms with Crippen molar-refractivity contribution in [3.8, 4) is 0 Å². The van der Waals surface area contributed by atoms with E-state index in [0.29, 0.717) is 12.5 Å². The fourth-order valence-corrected chi connectivity index (χ4v) is 3.93. The van der Waals surface area contributed by atoms with Crippen LogP contribution >= 0.6 is 11.3 Å². The van der Waals surface area contributed by atoms with E-state index >= 15 is 0 Å². The summed E-state index contributed by atoms with van der Waals surface area (Å²) in [7, 11) is 0. The predicted octanol–water partition coefficient (Wildman–Crippen LogP) is 1.83. The largest absolute Gasteiger partial charge is 0.333 e. The Morgan fingerprint density at radius 3 is 3.04 bits per heavy atom. The van der Waals surface area contributed by atoms with Gasteiger partial charge in [0.25, 0.3) is 5.56 Å². The summed E-state index contributed by atoms with van der Waals surface area (Å²) in [5, 5.41) is 8.51. The molecule has 1 atom stereocenters. The van der Waals surface area contributed by atoms with Crippen molar-refractivity contribution in [2.24, 2.45) is 5.92 Å². The molecule has 0 spiro atoms. The molecule has 3 aromatic rings. The van der Waals surface area contributed by atoms with Crippen LogP contribution < -0.4 is 5.56 Å². The number of nitrogens with zero attached hydrogens (tertiary/aromatic N) is 5. The minimum Gasteiger partial charge on any atom is -0.333 e. The molecule has 0 amide bonds. The first kappa shape index (κ1) is 15.3. The molecule has 0 unspecified atom stereocenters. The summed E-state index contributed by atoms with van der Waals surface area (Å²) in [4.78, 5) is 18.9. The van der Waals surface area contributed by atoms with Gasteiger partial charge in [0.1, 0.15) is 5.82 Å². The third kappa shape index (κ3) is 3.32. The van der Waals surface area contributed by atoms with E-state index < -0.39 is 0 Å². The maximum Gasteiger partial charge on any atom is 0.266 e. The molecule has 0 aliphatic carbocycles. The van der Waals surface area contributed by atoms with E-state index in [0.717, 1.165) is 32.0 Å². The third-order valence-electron chi connectivity index (χ3n) is 4.34. The first-order valence-electron chi connectivity index (χ1n) is 8.03. The first-order chi connectivity index (χ1) is 11.8. The Hall–Kier alpha value is -2.25. The zero-order valence-electron chi connectivity index (χ0n) is 13.3. The van der Waals surface area contributed by atoms with Crippen LogP contribution in [0.15, 0.2) is 52.3 Å². The highest BCUT2D eigenvalue weighted by molar-refractivity contribution is 7.07. The average molecular weight is 341 g/mol. The summed E-state index contributed by atoms with van der Waals surface area (Å²) < 4.78 is 3.77. The zero-order valence-corrected chi connectivity index (χ0v) is 14.1. The predicted molar refractivity (Wildman–Crippen MR) is 92.6 cm³/mol. The normalized spacial score (nSPS) is 18.2. The summed E-state index contributed by atoms with van der Waals surface area (Å²) in [6.07, 6.45) is 5.55. The van der Waals surface area contributed by atoms with Crippen LogP contribution in [0, 0.1) is 5.92 Å². The second-order valence-electron chi connectivity index (χ2n) is 6.21. The van der Waals surface area contributed by atoms with Gasteiger partial charge in [-0.15, -0.1) is 0 Å². The second-order valence-corrected chi connectivity index (χ2v) is 6.99. The highest BCUT2D eigenvalue weighted by Gasteiger charge is 2.23. The number of rotatable bonds is 4. The highest BCUT2D eigenvalue weighted by atomic mass is 32.1. The standard InChI is InChI=1S/C17H19N5OS/c23-17-2-1-4-19-22(17)11-15-9-20(8-14-3-7-24-13-14)12-16-18-5-6-21(16)10-15/h1-7,13,15H,8-12H2/t15-/m1/s1. The SMILES string of the molecule is O=c1cccnn1C[C@@H]1CN(Cc2ccsc2)Cc2nccn2C1. The molecule has 1 aliphatic heterocycles. The third-order valence-corrected chi connectivity index (χ3v) is 5.07. The minimum atomic E-state index is -0.0445. The van der Waals surface area contributed by atoms with E-state index in [-0.39, 0.29) is 5.56 Å². The monoisotopic (exact) mass is 341 g/mol. The Morgan fingerprint density at radius 2 is 2.21 bits per heavy atom. The number of hydrogen-bond acceptors (Lipinski definition) is 5. The summed E-state index contributed by atoms with van der Waals surface area (Å²) in [5.41, 5.74) is 1.28. The van der Waals surface area contributed by atoms with Gasteiger partial charge in [-0.2, -0.15) is 16.4 Å². The topological polar surface area (TPSA) is 56.0 Å². The summed E-state index contributed by atoms with van der Waals surface area (Å²) in [6, 6.07) is 5.42. The van der Waals surface area contributed by atoms with Gasteiger partial charge in [0.15, 0.2) is 0 Å². The van der Waals surface area contributed by atoms with E-state index in [1.165, 1.54) is 5.56 Å². The number of imidazole rings is 1. The molecule has 7 heteroatoms. The molecule has 0 bridgehead atoms. The van der Waals surface area contributed by atoms with Gasteiger partial charge >= 0.3 is 0 Å². The van der Waals surface area contributed by atoms with Crippen LogP contribution in [0.2, 0.25) is 0 Å². The van der Waals surface area contributed by atoms with Gasteiger partial charge in [0.05, 0.1) is 13.1 Å². The first-order valence-corrected chi connectivity index (χ1v) is 8.98. The molecule has 0 aromatic carbocycles. The quantitative estimate of drug-likeness (QED) is 0.726. The lowest BCUT2D eigenvalue weighted by atomic mass is 10.1. The summed E-state index contributed by atoms with van der Waals surface area (Å²) >= 11 is 1.72. The van der Waals surface area contributed by atoms with Crippen LogP contribution in [0.1, 0.15) is 11.4 Å². The van der Waals surface area contributed by atoms with Crippen LogP contribution in [0.3, 0.4) is 0 Å². The molecular weight excluding hydrogens is 322 g/mol. The van der Waals surface area contributed by atoms with Crippen molar-refractivity contribution in [1.82, 2.24) is 24.2 Å². The Bertz CT molecular complexity index is 854. The summed E-state index contributed by atoms with van der Waals surface area (Å²) in [6.45, 7) is 4.14. The fraction of sp³-hybridized carbons (Fsp3) is 0.353. The molecule has 0 radical (unpaired) electrons. The van der Waals surface area contributed by atoms with Gasteiger partial charge < -0.3 is 4.57 Å². The van der Waals surface area contributed by atoms with Crippen molar-refractivity contribution >= 4 is 11.3 Å². The molecule has 0 saturated carbocycles. The van der Waals surface area contributed by atoms with E-state index in [4.69, 9.17) is 0 Å². The molecule has 3 aromatic heterocycles. The van der Waals surface area contributed by atoms with Crippen LogP contribution in [-0.2, 0) is 26.2 Å². The number of fused-ring (bicyclic) bond motifs is 1. The maximum absolute atomic E-state index is 12.0. The van der Waals surface area contributed by atoms with Crippen molar-refractivity contribution in [2.75, 3.05) is 6.54 Å². The van der Waals surface area contributed by atoms with Crippen LogP contribution in [0.25, 0.3) is 0 Å². The number of hydrogen-bond donors (Lipinski definition) is 0. The van der Waals surface area contributed by atoms with E-state index in [1.54, 1.807) is 34.3 Å². The van der Waals surface area contributed by atoms with Crippen molar-refractivity contribution < 1.29 is 0 Å². The van der Waals surface area contributed by atoms with Crippen LogP contribution in [0.4, 0.5) is 0 Å². The zero-order chi connectivity index (χ0) is 16.4. The van der Waals surface area contributed by atoms with Gasteiger partial charge in [0.2, 0.25) is 0 Å². The minimum absolute atomic E-state index is 0.0445. The van der Waals surface area contributed by atoms with E-state index in [1.807, 2.05) is 12.4 Å². The molecule has 6 nitrogen and oxygen atoms in total. The molecule has 0 saturated heterocycles. The maximum atomic E-state index is 12.0. The van der Waals surface area contributed by atoms with Gasteiger partial charge in [-0.05, 0) is 28.5 Å². The number of thiophene rings is 1. The Morgan fingerprint density at radius 1 is 1.25 bits per heavy atom. The van der Waals surface area contributed by atoms with Crippen molar-refractivity contribution in [3.63, 3.8) is 0 Å². The van der Waals surface area contributed by atoms with Crippen LogP contribution in [-0.4, -0.2) is 30.8 Å². The summed E-state index contributed by atoms with van der Waals surface area (Å²) in [5.74, 6) is 1.40. The second kappa shape index (κ2) is 6.70. The van der Waals surface area contributed by atoms with E-state index in [2.05, 4.69) is 36.4 Å². The number of aromatic nitrogens is 4. The van der Waals surface area contributed by atoms with Gasteiger partial charge in [0, 0.05) is 50.2 Å². The van der Waals surface area contributed by atoms with Crippen LogP contribution in [0.5, 0.6) is 0 Å². The Kier molecular flexibility index (Phi) is 4.27. The van der Waals surface area contributed by atoms with Gasteiger partial charge in [-0.25, -0.2) is 9.67 Å². The average Bonchev–Trinajstić information content (AvgIpc) is 3.19. The van der Waals surface area contributed by atoms with Crippen molar-refractivity contribution in [2.45, 2.75) is 26.2 Å². The molecule has 124 valence electrons. The molecule has 4 rings (SSSR count). The molecule has 4 heterocycles. The molecule has 0 fully saturated rings. The lowest BCUT2D eigenvalue weighted by molar-refractivity contribution is 0.204. The highest BCUT2D eigenvalue weighted by Crippen LogP contribution is 2.19. The van der Waals surface area contributed by atoms with Gasteiger partial charge in [-0.1, -0.05) is 0 Å². The Labute approximate surface area is 144 Å². The van der Waals surface area contributed by atoms with Gasteiger partial charge in [-0.3, -0.25) is 9.69 Å². The lowest BCUT2D eigenvalue weighted by Crippen LogP contribution is -2.33. The van der Waals surface area contributed by atoms with E-state index in [9.17, 15) is 4.79 Å². The van der Waals surface area contributed by atoms with Crippen molar-refractivity contribution in [1.29, 1.82) is 0 Å². The molecule has 24 heavy (non-hydrogen) atoms. The lowest BCUT2D eigenvalue weighted by Gasteiger charge is -2.23. The molecule has 1 aliphatic rings.